The number of nitrogens with one attached hydrogen (secondary N) is 1. The maximum absolute atomic E-state index is 11.1. The van der Waals surface area contributed by atoms with Crippen LogP contribution in [0.5, 0.6) is 5.75 Å². The van der Waals surface area contributed by atoms with E-state index in [4.69, 9.17) is 4.74 Å². The van der Waals surface area contributed by atoms with Crippen LogP contribution in [0.1, 0.15) is 43.7 Å². The van der Waals surface area contributed by atoms with Gasteiger partial charge in [-0.3, -0.25) is 4.79 Å². The highest BCUT2D eigenvalue weighted by molar-refractivity contribution is 6.04. The Morgan fingerprint density at radius 2 is 2.11 bits per heavy atom. The summed E-state index contributed by atoms with van der Waals surface area (Å²) in [5.41, 5.74) is 5.67. The van der Waals surface area contributed by atoms with Crippen LogP contribution in [0.2, 0.25) is 0 Å². The monoisotopic (exact) mass is 246 g/mol. The molecule has 1 aromatic carbocycles. The van der Waals surface area contributed by atoms with Gasteiger partial charge in [0.05, 0.1) is 12.8 Å². The van der Waals surface area contributed by atoms with E-state index >= 15 is 0 Å². The van der Waals surface area contributed by atoms with Gasteiger partial charge in [-0.15, -0.1) is 0 Å². The third-order valence-electron chi connectivity index (χ3n) is 3.09. The number of amides is 1. The standard InChI is InChI=1S/C14H18N2O2/c1-9(2)11-8-10(4-6-13(11)18-3)12-5-7-14(17)16-15-12/h4,6,8-9H,5,7H2,1-3H3,(H,16,17). The van der Waals surface area contributed by atoms with Gasteiger partial charge >= 0.3 is 0 Å². The molecule has 18 heavy (non-hydrogen) atoms. The van der Waals surface area contributed by atoms with Crippen molar-refractivity contribution in [1.82, 2.24) is 5.43 Å². The lowest BCUT2D eigenvalue weighted by molar-refractivity contribution is -0.121. The molecule has 0 saturated heterocycles. The molecule has 0 radical (unpaired) electrons. The van der Waals surface area contributed by atoms with Crippen molar-refractivity contribution in [1.29, 1.82) is 0 Å². The summed E-state index contributed by atoms with van der Waals surface area (Å²) in [7, 11) is 1.68. The maximum Gasteiger partial charge on any atom is 0.240 e. The van der Waals surface area contributed by atoms with Gasteiger partial charge < -0.3 is 4.74 Å². The fourth-order valence-electron chi connectivity index (χ4n) is 2.05. The number of hydrazone groups is 1. The summed E-state index contributed by atoms with van der Waals surface area (Å²) in [5, 5.41) is 4.11. The van der Waals surface area contributed by atoms with Crippen molar-refractivity contribution in [2.75, 3.05) is 7.11 Å². The van der Waals surface area contributed by atoms with Crippen molar-refractivity contribution < 1.29 is 9.53 Å². The predicted molar refractivity (Wildman–Crippen MR) is 71.0 cm³/mol. The molecule has 2 rings (SSSR count). The minimum atomic E-state index is -0.0173. The van der Waals surface area contributed by atoms with Crippen LogP contribution in [0.25, 0.3) is 0 Å². The normalized spacial score (nSPS) is 15.3. The molecule has 1 amide bonds. The van der Waals surface area contributed by atoms with E-state index in [1.807, 2.05) is 12.1 Å². The number of hydrogen-bond donors (Lipinski definition) is 1. The van der Waals surface area contributed by atoms with Crippen molar-refractivity contribution in [3.63, 3.8) is 0 Å². The van der Waals surface area contributed by atoms with Gasteiger partial charge in [-0.1, -0.05) is 13.8 Å². The summed E-state index contributed by atoms with van der Waals surface area (Å²) < 4.78 is 5.36. The zero-order valence-corrected chi connectivity index (χ0v) is 11.0. The second kappa shape index (κ2) is 5.21. The number of carbonyl (C=O) groups excluding carboxylic acids is 1. The summed E-state index contributed by atoms with van der Waals surface area (Å²) in [5.74, 6) is 1.27. The summed E-state index contributed by atoms with van der Waals surface area (Å²) in [4.78, 5) is 11.1. The number of hydrogen-bond acceptors (Lipinski definition) is 3. The van der Waals surface area contributed by atoms with Crippen molar-refractivity contribution in [3.05, 3.63) is 29.3 Å². The molecule has 0 bridgehead atoms. The lowest BCUT2D eigenvalue weighted by atomic mass is 9.96. The Balaban J connectivity index is 2.35. The topological polar surface area (TPSA) is 50.7 Å². The minimum absolute atomic E-state index is 0.0173. The van der Waals surface area contributed by atoms with Crippen LogP contribution in [0.4, 0.5) is 0 Å². The van der Waals surface area contributed by atoms with Gasteiger partial charge in [0, 0.05) is 12.8 Å². The smallest absolute Gasteiger partial charge is 0.240 e. The molecule has 0 spiro atoms. The highest BCUT2D eigenvalue weighted by atomic mass is 16.5. The largest absolute Gasteiger partial charge is 0.496 e. The summed E-state index contributed by atoms with van der Waals surface area (Å²) in [6, 6.07) is 6.05. The van der Waals surface area contributed by atoms with E-state index in [9.17, 15) is 4.79 Å². The highest BCUT2D eigenvalue weighted by Crippen LogP contribution is 2.28. The fourth-order valence-corrected chi connectivity index (χ4v) is 2.05. The lowest BCUT2D eigenvalue weighted by Crippen LogP contribution is -2.25. The molecule has 0 unspecified atom stereocenters. The van der Waals surface area contributed by atoms with Crippen LogP contribution < -0.4 is 10.2 Å². The first-order valence-corrected chi connectivity index (χ1v) is 6.15. The summed E-state index contributed by atoms with van der Waals surface area (Å²) in [6.07, 6.45) is 1.19. The molecule has 0 fully saturated rings. The van der Waals surface area contributed by atoms with E-state index < -0.39 is 0 Å². The van der Waals surface area contributed by atoms with E-state index in [0.717, 1.165) is 22.6 Å². The molecule has 1 N–H and O–H groups in total. The molecule has 1 aliphatic heterocycles. The Morgan fingerprint density at radius 1 is 1.33 bits per heavy atom. The van der Waals surface area contributed by atoms with Gasteiger partial charge in [-0.25, -0.2) is 5.43 Å². The minimum Gasteiger partial charge on any atom is -0.496 e. The Hall–Kier alpha value is -1.84. The SMILES string of the molecule is COc1ccc(C2=NNC(=O)CC2)cc1C(C)C. The van der Waals surface area contributed by atoms with Crippen molar-refractivity contribution in [3.8, 4) is 5.75 Å². The molecule has 0 aromatic heterocycles. The van der Waals surface area contributed by atoms with Crippen LogP contribution in [0.3, 0.4) is 0 Å². The number of ether oxygens (including phenoxy) is 1. The van der Waals surface area contributed by atoms with Crippen molar-refractivity contribution >= 4 is 11.6 Å². The third-order valence-corrected chi connectivity index (χ3v) is 3.09. The highest BCUT2D eigenvalue weighted by Gasteiger charge is 2.15. The first-order chi connectivity index (χ1) is 8.61. The van der Waals surface area contributed by atoms with Gasteiger partial charge in [0.25, 0.3) is 0 Å². The average Bonchev–Trinajstić information content (AvgIpc) is 2.39. The fraction of sp³-hybridized carbons (Fsp3) is 0.429. The molecule has 1 heterocycles. The number of rotatable bonds is 3. The second-order valence-corrected chi connectivity index (χ2v) is 4.70. The van der Waals surface area contributed by atoms with E-state index in [1.165, 1.54) is 0 Å². The zero-order chi connectivity index (χ0) is 13.1. The van der Waals surface area contributed by atoms with Gasteiger partial charge in [-0.05, 0) is 35.2 Å². The van der Waals surface area contributed by atoms with Crippen LogP contribution in [-0.4, -0.2) is 18.7 Å². The molecule has 1 aromatic rings. The Kier molecular flexibility index (Phi) is 3.65. The van der Waals surface area contributed by atoms with E-state index in [2.05, 4.69) is 30.4 Å². The Bertz CT molecular complexity index is 493. The molecular weight excluding hydrogens is 228 g/mol. The van der Waals surface area contributed by atoms with Gasteiger partial charge in [0.2, 0.25) is 5.91 Å². The molecule has 0 atom stereocenters. The quantitative estimate of drug-likeness (QED) is 0.890. The molecule has 0 saturated carbocycles. The summed E-state index contributed by atoms with van der Waals surface area (Å²) >= 11 is 0. The van der Waals surface area contributed by atoms with Crippen LogP contribution in [-0.2, 0) is 4.79 Å². The predicted octanol–water partition coefficient (Wildman–Crippen LogP) is 2.43. The second-order valence-electron chi connectivity index (χ2n) is 4.70. The Labute approximate surface area is 107 Å². The van der Waals surface area contributed by atoms with Crippen LogP contribution in [0.15, 0.2) is 23.3 Å². The maximum atomic E-state index is 11.1. The zero-order valence-electron chi connectivity index (χ0n) is 11.0. The number of carbonyl (C=O) groups is 1. The van der Waals surface area contributed by atoms with Gasteiger partial charge in [-0.2, -0.15) is 5.10 Å². The lowest BCUT2D eigenvalue weighted by Gasteiger charge is -2.16. The molecule has 1 aliphatic rings. The molecule has 0 aliphatic carbocycles. The summed E-state index contributed by atoms with van der Waals surface area (Å²) in [6.45, 7) is 4.26. The van der Waals surface area contributed by atoms with Crippen molar-refractivity contribution in [2.45, 2.75) is 32.6 Å². The Morgan fingerprint density at radius 3 is 2.67 bits per heavy atom. The molecule has 4 nitrogen and oxygen atoms in total. The number of benzene rings is 1. The number of nitrogens with zero attached hydrogens (tertiary/aromatic N) is 1. The van der Waals surface area contributed by atoms with E-state index in [0.29, 0.717) is 18.8 Å². The van der Waals surface area contributed by atoms with Crippen LogP contribution >= 0.6 is 0 Å². The average molecular weight is 246 g/mol. The molecule has 96 valence electrons. The van der Waals surface area contributed by atoms with Gasteiger partial charge in [0.15, 0.2) is 0 Å². The number of methoxy groups -OCH3 is 1. The first-order valence-electron chi connectivity index (χ1n) is 6.15. The van der Waals surface area contributed by atoms with E-state index in [1.54, 1.807) is 7.11 Å². The first kappa shape index (κ1) is 12.6. The molecule has 4 heteroatoms. The van der Waals surface area contributed by atoms with Gasteiger partial charge in [0.1, 0.15) is 5.75 Å². The molecular formula is C14H18N2O2. The third kappa shape index (κ3) is 2.53. The van der Waals surface area contributed by atoms with E-state index in [-0.39, 0.29) is 5.91 Å². The van der Waals surface area contributed by atoms with Crippen LogP contribution in [0, 0.1) is 0 Å². The van der Waals surface area contributed by atoms with Crippen molar-refractivity contribution in [2.24, 2.45) is 5.10 Å².